The van der Waals surface area contributed by atoms with Gasteiger partial charge < -0.3 is 16.2 Å². The smallest absolute Gasteiger partial charge is 0.335 e. The van der Waals surface area contributed by atoms with Gasteiger partial charge in [-0.15, -0.1) is 0 Å². The summed E-state index contributed by atoms with van der Waals surface area (Å²) in [5.74, 6) is -1.43. The van der Waals surface area contributed by atoms with Crippen molar-refractivity contribution in [3.63, 3.8) is 0 Å². The van der Waals surface area contributed by atoms with Crippen molar-refractivity contribution >= 4 is 29.2 Å². The van der Waals surface area contributed by atoms with Crippen molar-refractivity contribution in [1.29, 1.82) is 0 Å². The largest absolute Gasteiger partial charge is 0.478 e. The van der Waals surface area contributed by atoms with Gasteiger partial charge in [0, 0.05) is 0 Å². The van der Waals surface area contributed by atoms with Gasteiger partial charge in [-0.05, 0) is 24.1 Å². The van der Waals surface area contributed by atoms with Crippen molar-refractivity contribution in [2.24, 2.45) is 11.7 Å². The van der Waals surface area contributed by atoms with Gasteiger partial charge in [-0.2, -0.15) is 0 Å². The third-order valence-electron chi connectivity index (χ3n) is 2.49. The van der Waals surface area contributed by atoms with Crippen LogP contribution in [0.2, 0.25) is 5.02 Å². The van der Waals surface area contributed by atoms with Crippen LogP contribution in [0.1, 0.15) is 24.2 Å². The zero-order chi connectivity index (χ0) is 13.9. The molecule has 0 aliphatic carbocycles. The number of carbonyl (C=O) groups excluding carboxylic acids is 1. The molecule has 6 heteroatoms. The van der Waals surface area contributed by atoms with Crippen molar-refractivity contribution in [3.05, 3.63) is 28.8 Å². The van der Waals surface area contributed by atoms with Gasteiger partial charge in [0.25, 0.3) is 0 Å². The molecule has 0 unspecified atom stereocenters. The summed E-state index contributed by atoms with van der Waals surface area (Å²) in [4.78, 5) is 22.4. The van der Waals surface area contributed by atoms with Gasteiger partial charge in [0.2, 0.25) is 5.91 Å². The van der Waals surface area contributed by atoms with Gasteiger partial charge in [0.1, 0.15) is 0 Å². The van der Waals surface area contributed by atoms with Crippen LogP contribution >= 0.6 is 11.6 Å². The number of nitrogens with two attached hydrogens (primary N) is 1. The van der Waals surface area contributed by atoms with Crippen molar-refractivity contribution < 1.29 is 14.7 Å². The Kier molecular flexibility index (Phi) is 4.69. The van der Waals surface area contributed by atoms with E-state index in [1.54, 1.807) is 0 Å². The fraction of sp³-hybridized carbons (Fsp3) is 0.333. The monoisotopic (exact) mass is 270 g/mol. The molecular formula is C12H15ClN2O3. The summed E-state index contributed by atoms with van der Waals surface area (Å²) in [7, 11) is 0. The number of halogens is 1. The van der Waals surface area contributed by atoms with Crippen molar-refractivity contribution in [1.82, 2.24) is 0 Å². The molecule has 4 N–H and O–H groups in total. The Balaban J connectivity index is 2.86. The van der Waals surface area contributed by atoms with Crippen LogP contribution in [0.4, 0.5) is 5.69 Å². The highest BCUT2D eigenvalue weighted by Crippen LogP contribution is 2.23. The molecule has 0 aromatic heterocycles. The molecule has 1 rings (SSSR count). The summed E-state index contributed by atoms with van der Waals surface area (Å²) in [6.45, 7) is 3.67. The van der Waals surface area contributed by atoms with Gasteiger partial charge >= 0.3 is 5.97 Å². The molecule has 0 fully saturated rings. The number of amides is 1. The molecule has 1 aromatic rings. The quantitative estimate of drug-likeness (QED) is 0.780. The van der Waals surface area contributed by atoms with Gasteiger partial charge in [-0.25, -0.2) is 4.79 Å². The van der Waals surface area contributed by atoms with Gasteiger partial charge in [0.05, 0.1) is 22.3 Å². The first-order chi connectivity index (χ1) is 8.32. The number of anilines is 1. The van der Waals surface area contributed by atoms with E-state index in [1.807, 2.05) is 13.8 Å². The fourth-order valence-electron chi connectivity index (χ4n) is 1.27. The topological polar surface area (TPSA) is 92.4 Å². The lowest BCUT2D eigenvalue weighted by molar-refractivity contribution is -0.118. The van der Waals surface area contributed by atoms with Crippen molar-refractivity contribution in [2.75, 3.05) is 5.32 Å². The fourth-order valence-corrected chi connectivity index (χ4v) is 1.50. The van der Waals surface area contributed by atoms with Crippen LogP contribution < -0.4 is 11.1 Å². The Hall–Kier alpha value is -1.59. The van der Waals surface area contributed by atoms with Crippen molar-refractivity contribution in [3.8, 4) is 0 Å². The lowest BCUT2D eigenvalue weighted by Gasteiger charge is -2.16. The van der Waals surface area contributed by atoms with Gasteiger partial charge in [0.15, 0.2) is 0 Å². The predicted molar refractivity (Wildman–Crippen MR) is 69.9 cm³/mol. The molecule has 0 heterocycles. The van der Waals surface area contributed by atoms with E-state index in [0.29, 0.717) is 5.69 Å². The Morgan fingerprint density at radius 1 is 1.39 bits per heavy atom. The highest BCUT2D eigenvalue weighted by molar-refractivity contribution is 6.34. The average molecular weight is 271 g/mol. The second kappa shape index (κ2) is 5.84. The molecule has 98 valence electrons. The Morgan fingerprint density at radius 3 is 2.44 bits per heavy atom. The minimum absolute atomic E-state index is 0.00192. The maximum absolute atomic E-state index is 11.7. The first-order valence-electron chi connectivity index (χ1n) is 5.42. The molecule has 1 aromatic carbocycles. The number of hydrogen-bond acceptors (Lipinski definition) is 3. The molecule has 0 saturated carbocycles. The van der Waals surface area contributed by atoms with Crippen LogP contribution in [-0.2, 0) is 4.79 Å². The van der Waals surface area contributed by atoms with E-state index in [-0.39, 0.29) is 22.4 Å². The molecular weight excluding hydrogens is 256 g/mol. The van der Waals surface area contributed by atoms with Crippen LogP contribution in [-0.4, -0.2) is 23.0 Å². The van der Waals surface area contributed by atoms with E-state index < -0.39 is 12.0 Å². The molecule has 0 radical (unpaired) electrons. The molecule has 5 nitrogen and oxygen atoms in total. The molecule has 0 aliphatic heterocycles. The summed E-state index contributed by atoms with van der Waals surface area (Å²) < 4.78 is 0. The maximum atomic E-state index is 11.7. The first-order valence-corrected chi connectivity index (χ1v) is 5.80. The number of rotatable bonds is 4. The molecule has 0 spiro atoms. The standard InChI is InChI=1S/C12H15ClN2O3/c1-6(2)10(14)11(16)15-9-4-3-7(12(17)18)5-8(9)13/h3-6,10H,14H2,1-2H3,(H,15,16)(H,17,18)/t10-/m1/s1. The van der Waals surface area contributed by atoms with E-state index in [9.17, 15) is 9.59 Å². The Labute approximate surface area is 110 Å². The summed E-state index contributed by atoms with van der Waals surface area (Å²) in [5, 5.41) is 11.5. The number of benzene rings is 1. The molecule has 1 atom stereocenters. The summed E-state index contributed by atoms with van der Waals surface area (Å²) >= 11 is 5.88. The molecule has 0 bridgehead atoms. The second-order valence-electron chi connectivity index (χ2n) is 4.26. The zero-order valence-corrected chi connectivity index (χ0v) is 10.9. The lowest BCUT2D eigenvalue weighted by atomic mass is 10.0. The third-order valence-corrected chi connectivity index (χ3v) is 2.81. The maximum Gasteiger partial charge on any atom is 0.335 e. The van der Waals surface area contributed by atoms with E-state index >= 15 is 0 Å². The SMILES string of the molecule is CC(C)[C@@H](N)C(=O)Nc1ccc(C(=O)O)cc1Cl. The minimum Gasteiger partial charge on any atom is -0.478 e. The Morgan fingerprint density at radius 2 is 2.00 bits per heavy atom. The van der Waals surface area contributed by atoms with Crippen LogP contribution in [0.15, 0.2) is 18.2 Å². The van der Waals surface area contributed by atoms with E-state index in [4.69, 9.17) is 22.4 Å². The number of carboxylic acids is 1. The minimum atomic E-state index is -1.08. The van der Waals surface area contributed by atoms with E-state index in [0.717, 1.165) is 0 Å². The number of aromatic carboxylic acids is 1. The number of carbonyl (C=O) groups is 2. The number of hydrogen-bond donors (Lipinski definition) is 3. The molecule has 18 heavy (non-hydrogen) atoms. The van der Waals surface area contributed by atoms with E-state index in [2.05, 4.69) is 5.32 Å². The number of carboxylic acid groups (broad SMARTS) is 1. The molecule has 1 amide bonds. The first kappa shape index (κ1) is 14.5. The average Bonchev–Trinajstić information content (AvgIpc) is 2.30. The molecule has 0 aliphatic rings. The van der Waals surface area contributed by atoms with Crippen LogP contribution in [0, 0.1) is 5.92 Å². The predicted octanol–water partition coefficient (Wildman–Crippen LogP) is 1.96. The van der Waals surface area contributed by atoms with Gasteiger partial charge in [-0.3, -0.25) is 4.79 Å². The third kappa shape index (κ3) is 3.45. The molecule has 0 saturated heterocycles. The summed E-state index contributed by atoms with van der Waals surface area (Å²) in [5.41, 5.74) is 6.10. The van der Waals surface area contributed by atoms with Crippen LogP contribution in [0.3, 0.4) is 0 Å². The van der Waals surface area contributed by atoms with Crippen molar-refractivity contribution in [2.45, 2.75) is 19.9 Å². The van der Waals surface area contributed by atoms with Gasteiger partial charge in [-0.1, -0.05) is 25.4 Å². The highest BCUT2D eigenvalue weighted by Gasteiger charge is 2.18. The van der Waals surface area contributed by atoms with Crippen LogP contribution in [0.5, 0.6) is 0 Å². The highest BCUT2D eigenvalue weighted by atomic mass is 35.5. The second-order valence-corrected chi connectivity index (χ2v) is 4.67. The summed E-state index contributed by atoms with van der Waals surface area (Å²) in [6, 6.07) is 3.45. The normalized spacial score (nSPS) is 12.3. The van der Waals surface area contributed by atoms with Crippen LogP contribution in [0.25, 0.3) is 0 Å². The van der Waals surface area contributed by atoms with E-state index in [1.165, 1.54) is 18.2 Å². The zero-order valence-electron chi connectivity index (χ0n) is 10.1. The summed E-state index contributed by atoms with van der Waals surface area (Å²) in [6.07, 6.45) is 0. The Bertz CT molecular complexity index is 474. The number of nitrogens with one attached hydrogen (secondary N) is 1. The lowest BCUT2D eigenvalue weighted by Crippen LogP contribution is -2.39.